The quantitative estimate of drug-likeness (QED) is 0.892. The van der Waals surface area contributed by atoms with Crippen LogP contribution in [0.5, 0.6) is 0 Å². The summed E-state index contributed by atoms with van der Waals surface area (Å²) in [5.74, 6) is 2.80. The molecule has 0 bridgehead atoms. The van der Waals surface area contributed by atoms with Crippen LogP contribution in [0.3, 0.4) is 0 Å². The van der Waals surface area contributed by atoms with Crippen LogP contribution in [-0.2, 0) is 0 Å². The number of aryl methyl sites for hydroxylation is 1. The van der Waals surface area contributed by atoms with Gasteiger partial charge in [0.2, 0.25) is 0 Å². The van der Waals surface area contributed by atoms with E-state index in [-0.39, 0.29) is 0 Å². The second-order valence-corrected chi connectivity index (χ2v) is 6.87. The fourth-order valence-corrected chi connectivity index (χ4v) is 4.15. The third-order valence-electron chi connectivity index (χ3n) is 4.63. The Morgan fingerprint density at radius 1 is 1.20 bits per heavy atom. The van der Waals surface area contributed by atoms with Crippen molar-refractivity contribution >= 4 is 27.4 Å². The van der Waals surface area contributed by atoms with Crippen LogP contribution in [-0.4, -0.2) is 16.5 Å². The van der Waals surface area contributed by atoms with E-state index in [0.717, 1.165) is 29.7 Å². The van der Waals surface area contributed by atoms with Gasteiger partial charge < -0.3 is 5.32 Å². The molecule has 108 valence electrons. The molecule has 0 amide bonds. The average Bonchev–Trinajstić information content (AvgIpc) is 2.88. The van der Waals surface area contributed by atoms with Gasteiger partial charge in [0.1, 0.15) is 12.1 Å². The van der Waals surface area contributed by atoms with Gasteiger partial charge in [-0.05, 0) is 42.5 Å². The number of rotatable bonds is 4. The van der Waals surface area contributed by atoms with Crippen LogP contribution >= 0.6 is 11.3 Å². The summed E-state index contributed by atoms with van der Waals surface area (Å²) < 4.78 is 1.20. The summed E-state index contributed by atoms with van der Waals surface area (Å²) >= 11 is 1.74. The first-order chi connectivity index (χ1) is 9.78. The van der Waals surface area contributed by atoms with Crippen molar-refractivity contribution in [1.82, 2.24) is 9.97 Å². The van der Waals surface area contributed by atoms with Crippen molar-refractivity contribution in [2.45, 2.75) is 46.0 Å². The standard InChI is InChI=1S/C16H23N3S/c1-3-12-4-6-13(7-5-12)8-17-16-15-14(18-10-19-16)11(2)9-20-15/h9-10,12-13H,3-8H2,1-2H3,(H,17,18,19). The smallest absolute Gasteiger partial charge is 0.147 e. The minimum absolute atomic E-state index is 0.809. The molecule has 1 aliphatic rings. The number of anilines is 1. The molecule has 1 fully saturated rings. The molecule has 2 aromatic heterocycles. The summed E-state index contributed by atoms with van der Waals surface area (Å²) in [6.07, 6.45) is 8.56. The predicted octanol–water partition coefficient (Wildman–Crippen LogP) is 4.63. The average molecular weight is 289 g/mol. The van der Waals surface area contributed by atoms with Crippen molar-refractivity contribution < 1.29 is 0 Å². The highest BCUT2D eigenvalue weighted by atomic mass is 32.1. The Bertz CT molecular complexity index is 570. The molecular weight excluding hydrogens is 266 g/mol. The van der Waals surface area contributed by atoms with E-state index >= 15 is 0 Å². The summed E-state index contributed by atoms with van der Waals surface area (Å²) in [5.41, 5.74) is 2.35. The van der Waals surface area contributed by atoms with Crippen molar-refractivity contribution in [3.8, 4) is 0 Å². The molecule has 20 heavy (non-hydrogen) atoms. The minimum atomic E-state index is 0.809. The van der Waals surface area contributed by atoms with Crippen LogP contribution in [0.1, 0.15) is 44.6 Å². The Morgan fingerprint density at radius 2 is 1.95 bits per heavy atom. The molecule has 0 aliphatic heterocycles. The van der Waals surface area contributed by atoms with E-state index in [1.807, 2.05) is 0 Å². The van der Waals surface area contributed by atoms with E-state index < -0.39 is 0 Å². The summed E-state index contributed by atoms with van der Waals surface area (Å²) in [6, 6.07) is 0. The Labute approximate surface area is 124 Å². The molecule has 0 radical (unpaired) electrons. The number of thiophene rings is 1. The molecule has 2 heterocycles. The van der Waals surface area contributed by atoms with Crippen LogP contribution in [0.15, 0.2) is 11.7 Å². The second kappa shape index (κ2) is 6.08. The molecule has 0 saturated heterocycles. The first-order valence-electron chi connectivity index (χ1n) is 7.70. The molecule has 3 rings (SSSR count). The fraction of sp³-hybridized carbons (Fsp3) is 0.625. The molecular formula is C16H23N3S. The lowest BCUT2D eigenvalue weighted by Crippen LogP contribution is -2.21. The van der Waals surface area contributed by atoms with E-state index in [1.165, 1.54) is 42.4 Å². The van der Waals surface area contributed by atoms with Gasteiger partial charge in [-0.15, -0.1) is 11.3 Å². The normalized spacial score (nSPS) is 23.1. The highest BCUT2D eigenvalue weighted by Gasteiger charge is 2.20. The van der Waals surface area contributed by atoms with Gasteiger partial charge in [0.05, 0.1) is 10.2 Å². The van der Waals surface area contributed by atoms with Crippen molar-refractivity contribution in [3.63, 3.8) is 0 Å². The number of hydrogen-bond acceptors (Lipinski definition) is 4. The lowest BCUT2D eigenvalue weighted by molar-refractivity contribution is 0.278. The molecule has 0 spiro atoms. The topological polar surface area (TPSA) is 37.8 Å². The maximum Gasteiger partial charge on any atom is 0.147 e. The van der Waals surface area contributed by atoms with Crippen molar-refractivity contribution in [3.05, 3.63) is 17.3 Å². The predicted molar refractivity (Wildman–Crippen MR) is 86.4 cm³/mol. The maximum absolute atomic E-state index is 4.42. The number of aromatic nitrogens is 2. The first-order valence-corrected chi connectivity index (χ1v) is 8.58. The van der Waals surface area contributed by atoms with Crippen LogP contribution in [0.4, 0.5) is 5.82 Å². The largest absolute Gasteiger partial charge is 0.369 e. The fourth-order valence-electron chi connectivity index (χ4n) is 3.18. The van der Waals surface area contributed by atoms with Crippen molar-refractivity contribution in [2.24, 2.45) is 11.8 Å². The van der Waals surface area contributed by atoms with Crippen LogP contribution in [0, 0.1) is 18.8 Å². The lowest BCUT2D eigenvalue weighted by Gasteiger charge is -2.28. The highest BCUT2D eigenvalue weighted by Crippen LogP contribution is 2.32. The zero-order valence-corrected chi connectivity index (χ0v) is 13.2. The molecule has 1 aliphatic carbocycles. The third kappa shape index (κ3) is 2.80. The van der Waals surface area contributed by atoms with E-state index in [4.69, 9.17) is 0 Å². The monoisotopic (exact) mass is 289 g/mol. The van der Waals surface area contributed by atoms with E-state index in [2.05, 4.69) is 34.5 Å². The molecule has 1 N–H and O–H groups in total. The molecule has 0 unspecified atom stereocenters. The number of nitrogens with zero attached hydrogens (tertiary/aromatic N) is 2. The van der Waals surface area contributed by atoms with Crippen LogP contribution in [0.2, 0.25) is 0 Å². The molecule has 2 aromatic rings. The summed E-state index contributed by atoms with van der Waals surface area (Å²) in [4.78, 5) is 8.80. The zero-order valence-electron chi connectivity index (χ0n) is 12.4. The van der Waals surface area contributed by atoms with Crippen LogP contribution < -0.4 is 5.32 Å². The van der Waals surface area contributed by atoms with Crippen molar-refractivity contribution in [2.75, 3.05) is 11.9 Å². The van der Waals surface area contributed by atoms with E-state index in [9.17, 15) is 0 Å². The SMILES string of the molecule is CCC1CCC(CNc2ncnc3c(C)csc23)CC1. The Morgan fingerprint density at radius 3 is 2.70 bits per heavy atom. The Kier molecular flexibility index (Phi) is 4.20. The summed E-state index contributed by atoms with van der Waals surface area (Å²) in [7, 11) is 0. The number of fused-ring (bicyclic) bond motifs is 1. The molecule has 4 heteroatoms. The second-order valence-electron chi connectivity index (χ2n) is 5.99. The number of nitrogens with one attached hydrogen (secondary N) is 1. The number of hydrogen-bond donors (Lipinski definition) is 1. The molecule has 1 saturated carbocycles. The van der Waals surface area contributed by atoms with Crippen molar-refractivity contribution in [1.29, 1.82) is 0 Å². The Balaban J connectivity index is 1.63. The van der Waals surface area contributed by atoms with Gasteiger partial charge in [-0.2, -0.15) is 0 Å². The summed E-state index contributed by atoms with van der Waals surface area (Å²) in [6.45, 7) is 5.49. The third-order valence-corrected chi connectivity index (χ3v) is 5.73. The zero-order chi connectivity index (χ0) is 13.9. The van der Waals surface area contributed by atoms with E-state index in [1.54, 1.807) is 17.7 Å². The van der Waals surface area contributed by atoms with Gasteiger partial charge >= 0.3 is 0 Å². The lowest BCUT2D eigenvalue weighted by atomic mass is 9.81. The molecule has 0 atom stereocenters. The Hall–Kier alpha value is -1.16. The van der Waals surface area contributed by atoms with Gasteiger partial charge in [-0.25, -0.2) is 9.97 Å². The highest BCUT2D eigenvalue weighted by molar-refractivity contribution is 7.18. The van der Waals surface area contributed by atoms with E-state index in [0.29, 0.717) is 0 Å². The van der Waals surface area contributed by atoms with Gasteiger partial charge in [0, 0.05) is 6.54 Å². The summed E-state index contributed by atoms with van der Waals surface area (Å²) in [5, 5.41) is 5.73. The first kappa shape index (κ1) is 13.8. The van der Waals surface area contributed by atoms with Gasteiger partial charge in [-0.1, -0.05) is 26.2 Å². The maximum atomic E-state index is 4.42. The van der Waals surface area contributed by atoms with Gasteiger partial charge in [0.25, 0.3) is 0 Å². The molecule has 3 nitrogen and oxygen atoms in total. The van der Waals surface area contributed by atoms with Gasteiger partial charge in [-0.3, -0.25) is 0 Å². The van der Waals surface area contributed by atoms with Crippen LogP contribution in [0.25, 0.3) is 10.2 Å². The minimum Gasteiger partial charge on any atom is -0.369 e. The van der Waals surface area contributed by atoms with Gasteiger partial charge in [0.15, 0.2) is 0 Å². The molecule has 0 aromatic carbocycles.